The third-order valence-corrected chi connectivity index (χ3v) is 2.95. The number of urea groups is 1. The highest BCUT2D eigenvalue weighted by molar-refractivity contribution is 5.88. The first-order chi connectivity index (χ1) is 9.03. The first kappa shape index (κ1) is 18.2. The molecule has 0 heterocycles. The molecule has 0 aromatic rings. The van der Waals surface area contributed by atoms with Crippen molar-refractivity contribution < 1.29 is 19.5 Å². The molecule has 0 aliphatic carbocycles. The summed E-state index contributed by atoms with van der Waals surface area (Å²) in [6.07, 6.45) is 0. The van der Waals surface area contributed by atoms with Crippen molar-refractivity contribution in [2.75, 3.05) is 19.6 Å². The minimum atomic E-state index is -1.35. The zero-order chi connectivity index (χ0) is 16.1. The molecule has 0 fully saturated rings. The molecule has 0 atom stereocenters. The van der Waals surface area contributed by atoms with E-state index in [4.69, 9.17) is 5.73 Å². The highest BCUT2D eigenvalue weighted by Gasteiger charge is 2.39. The Morgan fingerprint density at radius 1 is 1.25 bits per heavy atom. The van der Waals surface area contributed by atoms with Gasteiger partial charge in [-0.15, -0.1) is 0 Å². The van der Waals surface area contributed by atoms with Gasteiger partial charge in [0.2, 0.25) is 5.91 Å². The molecule has 3 N–H and O–H groups in total. The molecule has 0 unspecified atom stereocenters. The van der Waals surface area contributed by atoms with Gasteiger partial charge in [-0.05, 0) is 26.7 Å². The number of carboxylic acid groups (broad SMARTS) is 1. The molecule has 0 aromatic heterocycles. The van der Waals surface area contributed by atoms with Gasteiger partial charge < -0.3 is 20.6 Å². The number of aliphatic carboxylic acids is 1. The average Bonchev–Trinajstić information content (AvgIpc) is 2.26. The monoisotopic (exact) mass is 287 g/mol. The molecule has 20 heavy (non-hydrogen) atoms. The van der Waals surface area contributed by atoms with E-state index in [1.54, 1.807) is 6.92 Å². The SMILES string of the molecule is CCN(C(=O)N(CC(N)=O)CC(C)C)C(C)(C)C(=O)O. The summed E-state index contributed by atoms with van der Waals surface area (Å²) in [5, 5.41) is 9.23. The van der Waals surface area contributed by atoms with E-state index in [0.717, 1.165) is 0 Å². The fraction of sp³-hybridized carbons (Fsp3) is 0.769. The Labute approximate surface area is 119 Å². The van der Waals surface area contributed by atoms with Crippen molar-refractivity contribution in [3.63, 3.8) is 0 Å². The Kier molecular flexibility index (Phi) is 6.48. The largest absolute Gasteiger partial charge is 0.480 e. The maximum Gasteiger partial charge on any atom is 0.329 e. The molecule has 0 aliphatic rings. The lowest BCUT2D eigenvalue weighted by atomic mass is 10.0. The van der Waals surface area contributed by atoms with Crippen molar-refractivity contribution in [3.8, 4) is 0 Å². The van der Waals surface area contributed by atoms with Crippen LogP contribution in [0.5, 0.6) is 0 Å². The predicted molar refractivity (Wildman–Crippen MR) is 75.1 cm³/mol. The highest BCUT2D eigenvalue weighted by Crippen LogP contribution is 2.17. The topological polar surface area (TPSA) is 104 Å². The fourth-order valence-electron chi connectivity index (χ4n) is 1.89. The zero-order valence-electron chi connectivity index (χ0n) is 12.8. The molecule has 0 spiro atoms. The number of likely N-dealkylation sites (N-methyl/N-ethyl adjacent to an activating group) is 1. The van der Waals surface area contributed by atoms with Gasteiger partial charge in [0.05, 0.1) is 0 Å². The lowest BCUT2D eigenvalue weighted by molar-refractivity contribution is -0.147. The molecular weight excluding hydrogens is 262 g/mol. The van der Waals surface area contributed by atoms with Crippen LogP contribution in [0.25, 0.3) is 0 Å². The molecule has 0 aromatic carbocycles. The molecule has 0 saturated carbocycles. The van der Waals surface area contributed by atoms with Crippen LogP contribution in [-0.4, -0.2) is 58.0 Å². The van der Waals surface area contributed by atoms with Crippen LogP contribution in [0.4, 0.5) is 4.79 Å². The van der Waals surface area contributed by atoms with E-state index in [-0.39, 0.29) is 19.0 Å². The zero-order valence-corrected chi connectivity index (χ0v) is 12.8. The number of carbonyl (C=O) groups excluding carboxylic acids is 2. The Morgan fingerprint density at radius 3 is 2.05 bits per heavy atom. The summed E-state index contributed by atoms with van der Waals surface area (Å²) in [7, 11) is 0. The Morgan fingerprint density at radius 2 is 1.75 bits per heavy atom. The minimum Gasteiger partial charge on any atom is -0.480 e. The molecular formula is C13H25N3O4. The van der Waals surface area contributed by atoms with Crippen molar-refractivity contribution in [1.82, 2.24) is 9.80 Å². The van der Waals surface area contributed by atoms with Crippen molar-refractivity contribution in [3.05, 3.63) is 0 Å². The molecule has 0 radical (unpaired) electrons. The number of carboxylic acids is 1. The van der Waals surface area contributed by atoms with Gasteiger partial charge in [-0.3, -0.25) is 4.79 Å². The number of nitrogens with two attached hydrogens (primary N) is 1. The van der Waals surface area contributed by atoms with Gasteiger partial charge >= 0.3 is 12.0 Å². The maximum atomic E-state index is 12.5. The second-order valence-corrected chi connectivity index (χ2v) is 5.63. The van der Waals surface area contributed by atoms with Crippen molar-refractivity contribution in [1.29, 1.82) is 0 Å². The Balaban J connectivity index is 5.28. The van der Waals surface area contributed by atoms with Crippen molar-refractivity contribution >= 4 is 17.9 Å². The van der Waals surface area contributed by atoms with Gasteiger partial charge in [0.25, 0.3) is 0 Å². The van der Waals surface area contributed by atoms with Crippen LogP contribution >= 0.6 is 0 Å². The lowest BCUT2D eigenvalue weighted by Crippen LogP contribution is -2.58. The Hall–Kier alpha value is -1.79. The summed E-state index contributed by atoms with van der Waals surface area (Å²) >= 11 is 0. The second kappa shape index (κ2) is 7.12. The van der Waals surface area contributed by atoms with Crippen molar-refractivity contribution in [2.45, 2.75) is 40.2 Å². The van der Waals surface area contributed by atoms with Crippen LogP contribution in [0.1, 0.15) is 34.6 Å². The summed E-state index contributed by atoms with van der Waals surface area (Å²) in [4.78, 5) is 37.4. The summed E-state index contributed by atoms with van der Waals surface area (Å²) in [6.45, 7) is 8.76. The smallest absolute Gasteiger partial charge is 0.329 e. The van der Waals surface area contributed by atoms with E-state index >= 15 is 0 Å². The number of rotatable bonds is 7. The normalized spacial score (nSPS) is 11.3. The number of amides is 3. The van der Waals surface area contributed by atoms with Gasteiger partial charge in [-0.1, -0.05) is 13.8 Å². The molecule has 3 amide bonds. The molecule has 7 nitrogen and oxygen atoms in total. The summed E-state index contributed by atoms with van der Waals surface area (Å²) in [5.74, 6) is -1.58. The number of primary amides is 1. The van der Waals surface area contributed by atoms with E-state index in [0.29, 0.717) is 6.54 Å². The van der Waals surface area contributed by atoms with E-state index in [1.807, 2.05) is 13.8 Å². The first-order valence-electron chi connectivity index (χ1n) is 6.62. The van der Waals surface area contributed by atoms with E-state index < -0.39 is 23.4 Å². The van der Waals surface area contributed by atoms with Crippen LogP contribution < -0.4 is 5.73 Å². The molecule has 0 saturated heterocycles. The third kappa shape index (κ3) is 4.71. The third-order valence-electron chi connectivity index (χ3n) is 2.95. The van der Waals surface area contributed by atoms with E-state index in [2.05, 4.69) is 0 Å². The van der Waals surface area contributed by atoms with Crippen LogP contribution in [0.15, 0.2) is 0 Å². The van der Waals surface area contributed by atoms with Crippen molar-refractivity contribution in [2.24, 2.45) is 11.7 Å². The second-order valence-electron chi connectivity index (χ2n) is 5.63. The van der Waals surface area contributed by atoms with Crippen LogP contribution in [0, 0.1) is 5.92 Å². The highest BCUT2D eigenvalue weighted by atomic mass is 16.4. The summed E-state index contributed by atoms with van der Waals surface area (Å²) in [5.41, 5.74) is 3.80. The van der Waals surface area contributed by atoms with Gasteiger partial charge in [0, 0.05) is 13.1 Å². The molecule has 0 aliphatic heterocycles. The standard InChI is InChI=1S/C13H25N3O4/c1-6-16(13(4,5)11(18)19)12(20)15(7-9(2)3)8-10(14)17/h9H,6-8H2,1-5H3,(H2,14,17)(H,18,19). The maximum absolute atomic E-state index is 12.5. The molecule has 116 valence electrons. The molecule has 0 rings (SSSR count). The predicted octanol–water partition coefficient (Wildman–Crippen LogP) is 0.735. The summed E-state index contributed by atoms with van der Waals surface area (Å²) in [6, 6.07) is -0.493. The Bertz CT molecular complexity index is 380. The van der Waals surface area contributed by atoms with E-state index in [1.165, 1.54) is 23.6 Å². The summed E-state index contributed by atoms with van der Waals surface area (Å²) < 4.78 is 0. The van der Waals surface area contributed by atoms with Gasteiger partial charge in [-0.25, -0.2) is 9.59 Å². The van der Waals surface area contributed by atoms with Gasteiger partial charge in [-0.2, -0.15) is 0 Å². The lowest BCUT2D eigenvalue weighted by Gasteiger charge is -2.38. The van der Waals surface area contributed by atoms with E-state index in [9.17, 15) is 19.5 Å². The van der Waals surface area contributed by atoms with Crippen LogP contribution in [-0.2, 0) is 9.59 Å². The number of nitrogens with zero attached hydrogens (tertiary/aromatic N) is 2. The van der Waals surface area contributed by atoms with Gasteiger partial charge in [0.1, 0.15) is 12.1 Å². The number of hydrogen-bond acceptors (Lipinski definition) is 3. The number of carbonyl (C=O) groups is 3. The minimum absolute atomic E-state index is 0.143. The fourth-order valence-corrected chi connectivity index (χ4v) is 1.89. The average molecular weight is 287 g/mol. The first-order valence-corrected chi connectivity index (χ1v) is 6.62. The van der Waals surface area contributed by atoms with Crippen LogP contribution in [0.2, 0.25) is 0 Å². The quantitative estimate of drug-likeness (QED) is 0.720. The molecule has 0 bridgehead atoms. The molecule has 7 heteroatoms. The van der Waals surface area contributed by atoms with Crippen LogP contribution in [0.3, 0.4) is 0 Å². The number of hydrogen-bond donors (Lipinski definition) is 2. The van der Waals surface area contributed by atoms with Gasteiger partial charge in [0.15, 0.2) is 0 Å².